The van der Waals surface area contributed by atoms with Gasteiger partial charge in [-0.15, -0.1) is 0 Å². The van der Waals surface area contributed by atoms with Gasteiger partial charge in [-0.1, -0.05) is 23.5 Å². The van der Waals surface area contributed by atoms with E-state index in [9.17, 15) is 0 Å². The molecule has 2 saturated carbocycles. The third kappa shape index (κ3) is 10.0. The van der Waals surface area contributed by atoms with Crippen molar-refractivity contribution >= 4 is 47.3 Å². The molecule has 34 heavy (non-hydrogen) atoms. The van der Waals surface area contributed by atoms with Crippen molar-refractivity contribution in [1.29, 1.82) is 0 Å². The Morgan fingerprint density at radius 1 is 0.559 bits per heavy atom. The van der Waals surface area contributed by atoms with E-state index < -0.39 is 0 Å². The Balaban J connectivity index is 0.000000191. The maximum absolute atomic E-state index is 4.39. The van der Waals surface area contributed by atoms with Gasteiger partial charge >= 0.3 is 0 Å². The van der Waals surface area contributed by atoms with Gasteiger partial charge in [-0.25, -0.2) is 0 Å². The predicted molar refractivity (Wildman–Crippen MR) is 143 cm³/mol. The van der Waals surface area contributed by atoms with E-state index in [2.05, 4.69) is 92.7 Å². The highest BCUT2D eigenvalue weighted by Gasteiger charge is 2.24. The van der Waals surface area contributed by atoms with Crippen LogP contribution >= 0.6 is 23.5 Å². The highest BCUT2D eigenvalue weighted by atomic mass is 32.2. The Bertz CT molecular complexity index is 872. The summed E-state index contributed by atoms with van der Waals surface area (Å²) in [5.41, 5.74) is -0.0955. The predicted octanol–water partition coefficient (Wildman–Crippen LogP) is 4.76. The molecule has 2 aromatic heterocycles. The summed E-state index contributed by atoms with van der Waals surface area (Å²) in [5.74, 6) is 2.64. The smallest absolute Gasteiger partial charge is 0.228 e. The van der Waals surface area contributed by atoms with E-state index in [4.69, 9.17) is 0 Å². The van der Waals surface area contributed by atoms with Crippen molar-refractivity contribution < 1.29 is 0 Å². The van der Waals surface area contributed by atoms with Gasteiger partial charge in [0.15, 0.2) is 10.3 Å². The number of hydrogen-bond donors (Lipinski definition) is 4. The van der Waals surface area contributed by atoms with Gasteiger partial charge in [0.25, 0.3) is 0 Å². The van der Waals surface area contributed by atoms with Gasteiger partial charge in [-0.3, -0.25) is 0 Å². The molecule has 10 nitrogen and oxygen atoms in total. The number of nitrogens with one attached hydrogen (secondary N) is 4. The fourth-order valence-electron chi connectivity index (χ4n) is 2.63. The quantitative estimate of drug-likeness (QED) is 0.369. The van der Waals surface area contributed by atoms with E-state index >= 15 is 0 Å². The van der Waals surface area contributed by atoms with Crippen LogP contribution in [-0.4, -0.2) is 65.6 Å². The first-order valence-electron chi connectivity index (χ1n) is 11.6. The van der Waals surface area contributed by atoms with Crippen molar-refractivity contribution in [2.75, 3.05) is 33.8 Å². The van der Waals surface area contributed by atoms with Gasteiger partial charge in [-0.05, 0) is 79.7 Å². The van der Waals surface area contributed by atoms with Crippen LogP contribution < -0.4 is 21.3 Å². The van der Waals surface area contributed by atoms with E-state index in [1.807, 2.05) is 12.5 Å². The minimum absolute atomic E-state index is 0.0477. The van der Waals surface area contributed by atoms with Crippen molar-refractivity contribution in [3.63, 3.8) is 0 Å². The lowest BCUT2D eigenvalue weighted by Gasteiger charge is -2.20. The van der Waals surface area contributed by atoms with Crippen LogP contribution in [0, 0.1) is 0 Å². The average Bonchev–Trinajstić information content (AvgIpc) is 3.63. The molecule has 188 valence electrons. The molecular weight excluding hydrogens is 468 g/mol. The molecule has 2 heterocycles. The average molecular weight is 507 g/mol. The Kier molecular flexibility index (Phi) is 8.66. The van der Waals surface area contributed by atoms with E-state index in [0.717, 1.165) is 10.3 Å². The minimum Gasteiger partial charge on any atom is -0.351 e. The van der Waals surface area contributed by atoms with Crippen LogP contribution in [0.2, 0.25) is 0 Å². The van der Waals surface area contributed by atoms with Crippen molar-refractivity contribution in [3.05, 3.63) is 0 Å². The molecule has 2 aromatic rings. The summed E-state index contributed by atoms with van der Waals surface area (Å²) < 4.78 is 0. The Morgan fingerprint density at radius 2 is 0.882 bits per heavy atom. The molecule has 4 rings (SSSR count). The summed E-state index contributed by atoms with van der Waals surface area (Å²) in [6.07, 6.45) is 8.78. The Labute approximate surface area is 211 Å². The maximum atomic E-state index is 4.39. The maximum Gasteiger partial charge on any atom is 0.228 e. The summed E-state index contributed by atoms with van der Waals surface area (Å²) in [6, 6.07) is 1.10. The molecule has 0 amide bonds. The number of aromatic nitrogens is 6. The monoisotopic (exact) mass is 506 g/mol. The minimum atomic E-state index is -0.0477. The molecule has 2 aliphatic rings. The van der Waals surface area contributed by atoms with Crippen LogP contribution in [-0.2, 0) is 0 Å². The third-order valence-corrected chi connectivity index (χ3v) is 5.49. The lowest BCUT2D eigenvalue weighted by molar-refractivity contribution is 0.622. The molecule has 2 aliphatic carbocycles. The van der Waals surface area contributed by atoms with Crippen molar-refractivity contribution in [2.45, 2.75) is 101 Å². The fourth-order valence-corrected chi connectivity index (χ4v) is 3.34. The fraction of sp³-hybridized carbons (Fsp3) is 0.727. The zero-order valence-electron chi connectivity index (χ0n) is 21.5. The number of anilines is 4. The molecule has 0 atom stereocenters. The van der Waals surface area contributed by atoms with E-state index in [-0.39, 0.29) is 11.1 Å². The molecule has 0 spiro atoms. The summed E-state index contributed by atoms with van der Waals surface area (Å²) >= 11 is 3.06. The first-order valence-corrected chi connectivity index (χ1v) is 14.1. The standard InChI is InChI=1S/2C11H19N5S/c2*1-11(2,3)16-9-13-8(12-7-5-6-7)14-10(15-9)17-4/h2*7H,5-6H2,1-4H3,(H2,12,13,14,15,16). The summed E-state index contributed by atoms with van der Waals surface area (Å²) in [6.45, 7) is 12.5. The van der Waals surface area contributed by atoms with Crippen LogP contribution in [0.15, 0.2) is 10.3 Å². The molecule has 12 heteroatoms. The van der Waals surface area contributed by atoms with Crippen molar-refractivity contribution in [1.82, 2.24) is 29.9 Å². The summed E-state index contributed by atoms with van der Waals surface area (Å²) in [7, 11) is 0. The second kappa shape index (κ2) is 11.1. The van der Waals surface area contributed by atoms with Crippen molar-refractivity contribution in [2.24, 2.45) is 0 Å². The van der Waals surface area contributed by atoms with Crippen LogP contribution in [0.5, 0.6) is 0 Å². The Hall–Kier alpha value is -2.08. The van der Waals surface area contributed by atoms with E-state index in [1.54, 1.807) is 0 Å². The summed E-state index contributed by atoms with van der Waals surface area (Å²) in [4.78, 5) is 26.2. The molecule has 4 N–H and O–H groups in total. The second-order valence-electron chi connectivity index (χ2n) is 10.5. The van der Waals surface area contributed by atoms with Gasteiger partial charge in [0, 0.05) is 23.2 Å². The molecule has 0 bridgehead atoms. The third-order valence-electron chi connectivity index (χ3n) is 4.39. The van der Waals surface area contributed by atoms with Crippen LogP contribution in [0.1, 0.15) is 67.2 Å². The van der Waals surface area contributed by atoms with Crippen LogP contribution in [0.4, 0.5) is 23.8 Å². The van der Waals surface area contributed by atoms with Crippen molar-refractivity contribution in [3.8, 4) is 0 Å². The molecule has 0 radical (unpaired) electrons. The highest BCUT2D eigenvalue weighted by molar-refractivity contribution is 7.98. The molecule has 0 saturated heterocycles. The highest BCUT2D eigenvalue weighted by Crippen LogP contribution is 2.25. The second-order valence-corrected chi connectivity index (χ2v) is 12.1. The lowest BCUT2D eigenvalue weighted by Crippen LogP contribution is -2.28. The zero-order chi connectivity index (χ0) is 24.9. The van der Waals surface area contributed by atoms with Crippen LogP contribution in [0.25, 0.3) is 0 Å². The number of nitrogens with zero attached hydrogens (tertiary/aromatic N) is 6. The van der Waals surface area contributed by atoms with Gasteiger partial charge in [0.1, 0.15) is 0 Å². The molecule has 2 fully saturated rings. The topological polar surface area (TPSA) is 125 Å². The largest absolute Gasteiger partial charge is 0.351 e. The van der Waals surface area contributed by atoms with Gasteiger partial charge in [0.2, 0.25) is 23.8 Å². The van der Waals surface area contributed by atoms with E-state index in [1.165, 1.54) is 49.2 Å². The van der Waals surface area contributed by atoms with Crippen LogP contribution in [0.3, 0.4) is 0 Å². The zero-order valence-corrected chi connectivity index (χ0v) is 23.1. The lowest BCUT2D eigenvalue weighted by atomic mass is 10.1. The number of hydrogen-bond acceptors (Lipinski definition) is 12. The normalized spacial score (nSPS) is 15.8. The molecule has 0 aliphatic heterocycles. The number of rotatable bonds is 8. The molecule has 0 unspecified atom stereocenters. The van der Waals surface area contributed by atoms with Gasteiger partial charge < -0.3 is 21.3 Å². The summed E-state index contributed by atoms with van der Waals surface area (Å²) in [5, 5.41) is 14.6. The molecule has 0 aromatic carbocycles. The SMILES string of the molecule is CSc1nc(NC2CC2)nc(NC(C)(C)C)n1.CSc1nc(NC2CC2)nc(NC(C)(C)C)n1. The first kappa shape index (κ1) is 26.5. The van der Waals surface area contributed by atoms with E-state index in [0.29, 0.717) is 35.9 Å². The van der Waals surface area contributed by atoms with Gasteiger partial charge in [0.05, 0.1) is 0 Å². The van der Waals surface area contributed by atoms with Gasteiger partial charge in [-0.2, -0.15) is 29.9 Å². The Morgan fingerprint density at radius 3 is 1.15 bits per heavy atom. The number of thioether (sulfide) groups is 2. The first-order chi connectivity index (χ1) is 15.9. The molecular formula is C22H38N10S2.